The molecule has 0 aromatic rings. The zero-order valence-electron chi connectivity index (χ0n) is 12.8. The first-order chi connectivity index (χ1) is 10.1. The second-order valence-electron chi connectivity index (χ2n) is 7.12. The van der Waals surface area contributed by atoms with Crippen molar-refractivity contribution in [2.45, 2.75) is 63.0 Å². The van der Waals surface area contributed by atoms with Gasteiger partial charge < -0.3 is 20.5 Å². The Morgan fingerprint density at radius 3 is 2.62 bits per heavy atom. The highest BCUT2D eigenvalue weighted by molar-refractivity contribution is 5.74. The Labute approximate surface area is 126 Å². The van der Waals surface area contributed by atoms with Gasteiger partial charge in [-0.1, -0.05) is 12.8 Å². The van der Waals surface area contributed by atoms with Crippen LogP contribution in [0.15, 0.2) is 0 Å². The maximum atomic E-state index is 12.0. The molecule has 2 aliphatic carbocycles. The highest BCUT2D eigenvalue weighted by Gasteiger charge is 2.35. The summed E-state index contributed by atoms with van der Waals surface area (Å²) in [5.41, 5.74) is -0.793. The third kappa shape index (κ3) is 4.33. The third-order valence-corrected chi connectivity index (χ3v) is 5.34. The van der Waals surface area contributed by atoms with E-state index in [2.05, 4.69) is 10.6 Å². The average Bonchev–Trinajstić information content (AvgIpc) is 3.31. The molecule has 0 radical (unpaired) electrons. The van der Waals surface area contributed by atoms with Crippen molar-refractivity contribution >= 4 is 6.03 Å². The Hall–Kier alpha value is -0.810. The molecule has 0 bridgehead atoms. The molecular formula is C16H28N2O3. The van der Waals surface area contributed by atoms with Gasteiger partial charge in [0.25, 0.3) is 0 Å². The predicted octanol–water partition coefficient (Wildman–Crippen LogP) is 1.80. The van der Waals surface area contributed by atoms with E-state index >= 15 is 0 Å². The molecule has 3 aliphatic rings. The minimum Gasteiger partial charge on any atom is -0.388 e. The van der Waals surface area contributed by atoms with Gasteiger partial charge >= 0.3 is 6.03 Å². The number of amides is 2. The van der Waals surface area contributed by atoms with E-state index in [4.69, 9.17) is 4.74 Å². The molecule has 1 saturated heterocycles. The molecule has 1 aliphatic heterocycles. The molecule has 3 rings (SSSR count). The molecule has 2 unspecified atom stereocenters. The van der Waals surface area contributed by atoms with Gasteiger partial charge in [0, 0.05) is 38.6 Å². The summed E-state index contributed by atoms with van der Waals surface area (Å²) in [7, 11) is 0. The van der Waals surface area contributed by atoms with Gasteiger partial charge in [-0.2, -0.15) is 0 Å². The van der Waals surface area contributed by atoms with Crippen LogP contribution >= 0.6 is 0 Å². The van der Waals surface area contributed by atoms with Crippen molar-refractivity contribution in [3.63, 3.8) is 0 Å². The van der Waals surface area contributed by atoms with Gasteiger partial charge in [0.15, 0.2) is 0 Å². The second kappa shape index (κ2) is 6.53. The summed E-state index contributed by atoms with van der Waals surface area (Å²) >= 11 is 0. The normalized spacial score (nSPS) is 32.4. The van der Waals surface area contributed by atoms with Crippen LogP contribution in [-0.4, -0.2) is 42.5 Å². The molecule has 0 aromatic heterocycles. The Balaban J connectivity index is 1.39. The Morgan fingerprint density at radius 2 is 1.90 bits per heavy atom. The fourth-order valence-corrected chi connectivity index (χ4v) is 3.76. The van der Waals surface area contributed by atoms with Crippen molar-refractivity contribution in [1.82, 2.24) is 10.6 Å². The van der Waals surface area contributed by atoms with Crippen LogP contribution in [0.2, 0.25) is 0 Å². The van der Waals surface area contributed by atoms with Crippen LogP contribution in [0.25, 0.3) is 0 Å². The summed E-state index contributed by atoms with van der Waals surface area (Å²) in [5.74, 6) is 1.75. The van der Waals surface area contributed by atoms with E-state index in [-0.39, 0.29) is 6.03 Å². The van der Waals surface area contributed by atoms with Gasteiger partial charge in [-0.15, -0.1) is 0 Å². The number of aliphatic hydroxyl groups is 1. The number of urea groups is 1. The lowest BCUT2D eigenvalue weighted by Gasteiger charge is -2.33. The molecule has 1 heterocycles. The van der Waals surface area contributed by atoms with Crippen molar-refractivity contribution in [2.24, 2.45) is 11.8 Å². The molecule has 21 heavy (non-hydrogen) atoms. The molecule has 2 amide bonds. The standard InChI is InChI=1S/C16H28N2O3/c19-15(17-11-16(20)6-8-21-9-7-16)18-14-3-1-2-13(10-14)12-4-5-12/h12-14,20H,1-11H2,(H2,17,18,19). The van der Waals surface area contributed by atoms with Crippen molar-refractivity contribution in [1.29, 1.82) is 0 Å². The fourth-order valence-electron chi connectivity index (χ4n) is 3.76. The maximum Gasteiger partial charge on any atom is 0.315 e. The summed E-state index contributed by atoms with van der Waals surface area (Å²) in [6.07, 6.45) is 8.76. The van der Waals surface area contributed by atoms with E-state index in [1.807, 2.05) is 0 Å². The lowest BCUT2D eigenvalue weighted by atomic mass is 9.83. The van der Waals surface area contributed by atoms with E-state index < -0.39 is 5.60 Å². The summed E-state index contributed by atoms with van der Waals surface area (Å²) in [5, 5.41) is 16.3. The Morgan fingerprint density at radius 1 is 1.14 bits per heavy atom. The van der Waals surface area contributed by atoms with Gasteiger partial charge in [0.2, 0.25) is 0 Å². The number of hydrogen-bond donors (Lipinski definition) is 3. The molecule has 5 heteroatoms. The predicted molar refractivity (Wildman–Crippen MR) is 80.0 cm³/mol. The van der Waals surface area contributed by atoms with E-state index in [0.717, 1.165) is 24.7 Å². The van der Waals surface area contributed by atoms with Crippen molar-refractivity contribution in [3.8, 4) is 0 Å². The molecule has 3 fully saturated rings. The average molecular weight is 296 g/mol. The molecule has 2 saturated carbocycles. The van der Waals surface area contributed by atoms with Crippen LogP contribution in [0.4, 0.5) is 4.79 Å². The topological polar surface area (TPSA) is 70.6 Å². The number of nitrogens with one attached hydrogen (secondary N) is 2. The lowest BCUT2D eigenvalue weighted by Crippen LogP contribution is -2.51. The van der Waals surface area contributed by atoms with Crippen LogP contribution < -0.4 is 10.6 Å². The third-order valence-electron chi connectivity index (χ3n) is 5.34. The molecule has 0 aromatic carbocycles. The maximum absolute atomic E-state index is 12.0. The first-order valence-corrected chi connectivity index (χ1v) is 8.49. The second-order valence-corrected chi connectivity index (χ2v) is 7.12. The van der Waals surface area contributed by atoms with E-state index in [9.17, 15) is 9.90 Å². The number of hydrogen-bond acceptors (Lipinski definition) is 3. The fraction of sp³-hybridized carbons (Fsp3) is 0.938. The summed E-state index contributed by atoms with van der Waals surface area (Å²) in [4.78, 5) is 12.0. The molecule has 0 spiro atoms. The number of carbonyl (C=O) groups is 1. The SMILES string of the molecule is O=C(NCC1(O)CCOCC1)NC1CCCC(C2CC2)C1. The lowest BCUT2D eigenvalue weighted by molar-refractivity contribution is -0.0600. The highest BCUT2D eigenvalue weighted by Crippen LogP contribution is 2.43. The first-order valence-electron chi connectivity index (χ1n) is 8.49. The van der Waals surface area contributed by atoms with Gasteiger partial charge in [-0.3, -0.25) is 0 Å². The van der Waals surface area contributed by atoms with Gasteiger partial charge in [0.05, 0.1) is 5.60 Å². The van der Waals surface area contributed by atoms with E-state index in [1.54, 1.807) is 0 Å². The van der Waals surface area contributed by atoms with Gasteiger partial charge in [-0.05, 0) is 37.5 Å². The van der Waals surface area contributed by atoms with Crippen LogP contribution in [0.1, 0.15) is 51.4 Å². The van der Waals surface area contributed by atoms with E-state index in [1.165, 1.54) is 25.7 Å². The molecule has 2 atom stereocenters. The Kier molecular flexibility index (Phi) is 4.69. The largest absolute Gasteiger partial charge is 0.388 e. The monoisotopic (exact) mass is 296 g/mol. The van der Waals surface area contributed by atoms with Crippen molar-refractivity contribution in [2.75, 3.05) is 19.8 Å². The molecule has 3 N–H and O–H groups in total. The van der Waals surface area contributed by atoms with Crippen LogP contribution in [-0.2, 0) is 4.74 Å². The minimum atomic E-state index is -0.793. The Bertz CT molecular complexity index is 365. The highest BCUT2D eigenvalue weighted by atomic mass is 16.5. The number of ether oxygens (including phenoxy) is 1. The quantitative estimate of drug-likeness (QED) is 0.741. The zero-order chi connectivity index (χ0) is 14.7. The van der Waals surface area contributed by atoms with Gasteiger partial charge in [0.1, 0.15) is 0 Å². The zero-order valence-corrected chi connectivity index (χ0v) is 12.8. The smallest absolute Gasteiger partial charge is 0.315 e. The van der Waals surface area contributed by atoms with Crippen molar-refractivity contribution in [3.05, 3.63) is 0 Å². The van der Waals surface area contributed by atoms with Crippen LogP contribution in [0.5, 0.6) is 0 Å². The first kappa shape index (κ1) is 15.1. The molecule has 5 nitrogen and oxygen atoms in total. The molecule has 120 valence electrons. The molecular weight excluding hydrogens is 268 g/mol. The van der Waals surface area contributed by atoms with Crippen LogP contribution in [0.3, 0.4) is 0 Å². The number of rotatable bonds is 4. The van der Waals surface area contributed by atoms with Crippen LogP contribution in [0, 0.1) is 11.8 Å². The van der Waals surface area contributed by atoms with E-state index in [0.29, 0.717) is 38.6 Å². The minimum absolute atomic E-state index is 0.128. The summed E-state index contributed by atoms with van der Waals surface area (Å²) in [6.45, 7) is 1.47. The van der Waals surface area contributed by atoms with Crippen molar-refractivity contribution < 1.29 is 14.6 Å². The summed E-state index contributed by atoms with van der Waals surface area (Å²) < 4.78 is 5.24. The number of carbonyl (C=O) groups excluding carboxylic acids is 1. The van der Waals surface area contributed by atoms with Gasteiger partial charge in [-0.25, -0.2) is 4.79 Å². The summed E-state index contributed by atoms with van der Waals surface area (Å²) in [6, 6.07) is 0.185.